The van der Waals surface area contributed by atoms with Gasteiger partial charge in [0.05, 0.1) is 37.1 Å². The van der Waals surface area contributed by atoms with Crippen molar-refractivity contribution in [1.82, 2.24) is 4.90 Å². The van der Waals surface area contributed by atoms with Crippen LogP contribution < -0.4 is 9.80 Å². The molecule has 1 fully saturated rings. The number of halogens is 2. The molecule has 3 aliphatic heterocycles. The molecule has 0 unspecified atom stereocenters. The highest BCUT2D eigenvalue weighted by molar-refractivity contribution is 9.10. The Morgan fingerprint density at radius 1 is 0.962 bits per heavy atom. The van der Waals surface area contributed by atoms with Gasteiger partial charge >= 0.3 is 0 Å². The van der Waals surface area contributed by atoms with Gasteiger partial charge in [0.1, 0.15) is 0 Å². The first-order valence-corrected chi connectivity index (χ1v) is 21.6. The molecule has 4 aromatic carbocycles. The van der Waals surface area contributed by atoms with Crippen molar-refractivity contribution < 1.29 is 28.3 Å². The van der Waals surface area contributed by atoms with Crippen LogP contribution in [0.1, 0.15) is 42.0 Å². The summed E-state index contributed by atoms with van der Waals surface area (Å²) in [4.78, 5) is 47.2. The molecular weight excluding hydrogens is 741 g/mol. The van der Waals surface area contributed by atoms with Gasteiger partial charge in [-0.1, -0.05) is 83.5 Å². The molecule has 3 heterocycles. The minimum atomic E-state index is -3.53. The Bertz CT molecular complexity index is 2010. The second-order valence-corrected chi connectivity index (χ2v) is 19.3. The number of para-hydroxylation sites is 1. The van der Waals surface area contributed by atoms with E-state index >= 15 is 4.11 Å². The van der Waals surface area contributed by atoms with Crippen molar-refractivity contribution in [2.24, 2.45) is 5.92 Å². The van der Waals surface area contributed by atoms with Crippen molar-refractivity contribution in [2.45, 2.75) is 69.6 Å². The summed E-state index contributed by atoms with van der Waals surface area (Å²) in [7, 11) is -3.53. The van der Waals surface area contributed by atoms with E-state index in [1.165, 1.54) is 0 Å². The van der Waals surface area contributed by atoms with E-state index in [1.54, 1.807) is 27.8 Å². The quantitative estimate of drug-likeness (QED) is 0.131. The summed E-state index contributed by atoms with van der Waals surface area (Å²) in [5.41, 5.74) is 3.58. The van der Waals surface area contributed by atoms with Gasteiger partial charge < -0.3 is 23.8 Å². The number of aryl methyl sites for hydroxylation is 1. The Balaban J connectivity index is 1.21. The highest BCUT2D eigenvalue weighted by atomic mass is 79.9. The van der Waals surface area contributed by atoms with Crippen molar-refractivity contribution in [3.8, 4) is 0 Å². The molecule has 0 bridgehead atoms. The number of carbonyl (C=O) groups is 3. The topological polar surface area (TPSA) is 90.4 Å². The lowest BCUT2D eigenvalue weighted by Crippen LogP contribution is -2.45. The van der Waals surface area contributed by atoms with Gasteiger partial charge in [-0.3, -0.25) is 19.3 Å². The van der Waals surface area contributed by atoms with E-state index < -0.39 is 31.6 Å². The number of nitrogens with zero attached hydrogens (tertiary/aromatic N) is 3. The minimum absolute atomic E-state index is 0.0152. The Kier molecular flexibility index (Phi) is 9.98. The molecule has 7 rings (SSSR count). The van der Waals surface area contributed by atoms with Gasteiger partial charge in [0.15, 0.2) is 5.60 Å². The van der Waals surface area contributed by atoms with Crippen LogP contribution in [0.3, 0.4) is 0 Å². The van der Waals surface area contributed by atoms with Gasteiger partial charge in [-0.2, -0.15) is 0 Å². The Morgan fingerprint density at radius 2 is 1.69 bits per heavy atom. The lowest BCUT2D eigenvalue weighted by Gasteiger charge is -2.31. The Labute approximate surface area is 313 Å². The number of aliphatic hydroxyl groups excluding tert-OH is 1. The molecule has 0 saturated carbocycles. The van der Waals surface area contributed by atoms with Gasteiger partial charge in [0.25, 0.3) is 5.91 Å². The number of anilines is 3. The number of aliphatic hydroxyl groups is 1. The molecule has 4 atom stereocenters. The zero-order chi connectivity index (χ0) is 36.8. The second kappa shape index (κ2) is 14.3. The third-order valence-corrected chi connectivity index (χ3v) is 13.8. The normalized spacial score (nSPS) is 22.5. The fourth-order valence-corrected chi connectivity index (χ4v) is 11.4. The van der Waals surface area contributed by atoms with Crippen LogP contribution in [0.2, 0.25) is 18.6 Å². The molecule has 1 N–H and O–H groups in total. The average molecular weight is 785 g/mol. The molecule has 1 spiro atoms. The first-order chi connectivity index (χ1) is 24.9. The van der Waals surface area contributed by atoms with Gasteiger partial charge in [0.2, 0.25) is 20.2 Å². The van der Waals surface area contributed by atoms with Gasteiger partial charge in [-0.05, 0) is 72.6 Å². The maximum Gasteiger partial charge on any atom is 0.264 e. The van der Waals surface area contributed by atoms with E-state index in [2.05, 4.69) is 15.9 Å². The molecule has 4 aromatic rings. The SMILES string of the molecule is C[C@H]1[C@H]([Si](C)(C)F)[C@@H](CC(=O)N(CCO)Cc2ccccc2)O[C@]12C(=O)N(Cc1cccc(N3C(=O)CCc4ccccc43)c1)c1ccc(Br)cc12. The summed E-state index contributed by atoms with van der Waals surface area (Å²) in [6.07, 6.45) is 0.136. The van der Waals surface area contributed by atoms with Crippen molar-refractivity contribution in [2.75, 3.05) is 23.0 Å². The zero-order valence-corrected chi connectivity index (χ0v) is 32.2. The fourth-order valence-electron chi connectivity index (χ4n) is 8.58. The third-order valence-electron chi connectivity index (χ3n) is 10.8. The van der Waals surface area contributed by atoms with Crippen LogP contribution in [-0.4, -0.2) is 55.4 Å². The number of rotatable bonds is 10. The van der Waals surface area contributed by atoms with Crippen LogP contribution in [0.5, 0.6) is 0 Å². The smallest absolute Gasteiger partial charge is 0.264 e. The van der Waals surface area contributed by atoms with Crippen LogP contribution in [0.25, 0.3) is 0 Å². The molecule has 3 aliphatic rings. The fraction of sp³-hybridized carbons (Fsp3) is 0.341. The molecular formula is C41H43BrFN3O5Si. The van der Waals surface area contributed by atoms with Crippen molar-refractivity contribution in [3.05, 3.63) is 124 Å². The number of hydrogen-bond donors (Lipinski definition) is 1. The first-order valence-electron chi connectivity index (χ1n) is 17.8. The molecule has 0 radical (unpaired) electrons. The molecule has 270 valence electrons. The molecule has 0 aliphatic carbocycles. The number of hydrogen-bond acceptors (Lipinski definition) is 5. The molecule has 52 heavy (non-hydrogen) atoms. The number of benzene rings is 4. The first kappa shape index (κ1) is 36.2. The van der Waals surface area contributed by atoms with E-state index in [0.717, 1.165) is 32.5 Å². The predicted octanol–water partition coefficient (Wildman–Crippen LogP) is 7.79. The van der Waals surface area contributed by atoms with Crippen LogP contribution in [0, 0.1) is 5.92 Å². The second-order valence-electron chi connectivity index (χ2n) is 14.6. The largest absolute Gasteiger partial charge is 0.395 e. The summed E-state index contributed by atoms with van der Waals surface area (Å²) in [5.74, 6) is -1.12. The standard InChI is InChI=1S/C41H43BrFN3O5Si/c1-27-39(52(2,3)43)36(24-38(49)44(20-21-47)25-28-10-5-4-6-11-28)51-41(27)33-23-31(42)17-18-35(33)45(40(41)50)26-29-12-9-14-32(22-29)46-34-15-8-7-13-30(34)16-19-37(46)48/h4-15,17-18,22-23,27,36,39,47H,16,19-21,24-26H2,1-3H3/t27-,36+,39-,41+/m0/s1. The lowest BCUT2D eigenvalue weighted by atomic mass is 9.82. The molecule has 0 aromatic heterocycles. The zero-order valence-electron chi connectivity index (χ0n) is 29.6. The lowest BCUT2D eigenvalue weighted by molar-refractivity contribution is -0.150. The van der Waals surface area contributed by atoms with Crippen LogP contribution >= 0.6 is 15.9 Å². The molecule has 8 nitrogen and oxygen atoms in total. The Hall–Kier alpha value is -4.16. The minimum Gasteiger partial charge on any atom is -0.395 e. The number of fused-ring (bicyclic) bond motifs is 3. The number of ether oxygens (including phenoxy) is 1. The monoisotopic (exact) mass is 783 g/mol. The van der Waals surface area contributed by atoms with E-state index in [9.17, 15) is 19.5 Å². The van der Waals surface area contributed by atoms with Crippen LogP contribution in [0.4, 0.5) is 21.2 Å². The summed E-state index contributed by atoms with van der Waals surface area (Å²) in [5, 5.41) is 9.83. The molecule has 11 heteroatoms. The van der Waals surface area contributed by atoms with E-state index in [-0.39, 0.29) is 43.8 Å². The van der Waals surface area contributed by atoms with Gasteiger partial charge in [0, 0.05) is 46.7 Å². The van der Waals surface area contributed by atoms with Crippen LogP contribution in [-0.2, 0) is 44.2 Å². The summed E-state index contributed by atoms with van der Waals surface area (Å²) in [6, 6.07) is 30.7. The number of carbonyl (C=O) groups excluding carboxylic acids is 3. The molecule has 3 amide bonds. The van der Waals surface area contributed by atoms with Gasteiger partial charge in [-0.25, -0.2) is 0 Å². The average Bonchev–Trinajstić information content (AvgIpc) is 3.54. The van der Waals surface area contributed by atoms with Gasteiger partial charge in [-0.15, -0.1) is 0 Å². The summed E-state index contributed by atoms with van der Waals surface area (Å²) >= 11 is 3.60. The van der Waals surface area contributed by atoms with E-state index in [1.807, 2.05) is 104 Å². The molecule has 1 saturated heterocycles. The highest BCUT2D eigenvalue weighted by Crippen LogP contribution is 2.60. The predicted molar refractivity (Wildman–Crippen MR) is 205 cm³/mol. The van der Waals surface area contributed by atoms with E-state index in [4.69, 9.17) is 4.74 Å². The highest BCUT2D eigenvalue weighted by Gasteiger charge is 2.67. The number of amides is 3. The van der Waals surface area contributed by atoms with Crippen molar-refractivity contribution in [3.63, 3.8) is 0 Å². The van der Waals surface area contributed by atoms with Crippen LogP contribution in [0.15, 0.2) is 102 Å². The maximum absolute atomic E-state index is 16.5. The van der Waals surface area contributed by atoms with E-state index in [0.29, 0.717) is 30.6 Å². The maximum atomic E-state index is 16.5. The Morgan fingerprint density at radius 3 is 2.44 bits per heavy atom. The summed E-state index contributed by atoms with van der Waals surface area (Å²) in [6.45, 7) is 5.52. The van der Waals surface area contributed by atoms with Crippen molar-refractivity contribution >= 4 is 59.1 Å². The third kappa shape index (κ3) is 6.53. The summed E-state index contributed by atoms with van der Waals surface area (Å²) < 4.78 is 24.1. The van der Waals surface area contributed by atoms with Crippen molar-refractivity contribution in [1.29, 1.82) is 0 Å².